The van der Waals surface area contributed by atoms with Gasteiger partial charge in [0.15, 0.2) is 0 Å². The largest absolute Gasteiger partial charge is 0.369 e. The van der Waals surface area contributed by atoms with Gasteiger partial charge in [-0.05, 0) is 24.6 Å². The summed E-state index contributed by atoms with van der Waals surface area (Å²) in [6, 6.07) is 8.26. The van der Waals surface area contributed by atoms with Gasteiger partial charge in [-0.3, -0.25) is 0 Å². The third-order valence-electron chi connectivity index (χ3n) is 3.41. The molecule has 0 radical (unpaired) electrons. The van der Waals surface area contributed by atoms with Crippen LogP contribution in [-0.4, -0.2) is 16.3 Å². The maximum atomic E-state index is 4.85. The summed E-state index contributed by atoms with van der Waals surface area (Å²) in [6.07, 6.45) is 1.07. The number of benzene rings is 1. The van der Waals surface area contributed by atoms with E-state index in [1.54, 1.807) is 0 Å². The summed E-state index contributed by atoms with van der Waals surface area (Å²) in [5.41, 5.74) is 3.74. The van der Waals surface area contributed by atoms with E-state index in [0.29, 0.717) is 0 Å². The maximum absolute atomic E-state index is 4.85. The number of aromatic nitrogens is 2. The number of anilines is 1. The van der Waals surface area contributed by atoms with Crippen LogP contribution >= 0.6 is 15.9 Å². The Hall–Kier alpha value is -1.29. The van der Waals surface area contributed by atoms with E-state index in [0.717, 1.165) is 28.9 Å². The summed E-state index contributed by atoms with van der Waals surface area (Å²) in [7, 11) is 0. The third kappa shape index (κ3) is 2.18. The van der Waals surface area contributed by atoms with Crippen molar-refractivity contribution in [3.63, 3.8) is 0 Å². The zero-order valence-corrected chi connectivity index (χ0v) is 13.1. The quantitative estimate of drug-likeness (QED) is 0.864. The van der Waals surface area contributed by atoms with E-state index in [4.69, 9.17) is 5.10 Å². The van der Waals surface area contributed by atoms with Crippen molar-refractivity contribution in [3.8, 4) is 5.69 Å². The van der Waals surface area contributed by atoms with Crippen molar-refractivity contribution < 1.29 is 0 Å². The molecule has 1 aromatic carbocycles. The normalized spacial score (nSPS) is 14.3. The summed E-state index contributed by atoms with van der Waals surface area (Å²) in [4.78, 5) is 0. The first-order chi connectivity index (χ1) is 8.97. The van der Waals surface area contributed by atoms with Crippen LogP contribution in [0.3, 0.4) is 0 Å². The fourth-order valence-electron chi connectivity index (χ4n) is 2.57. The van der Waals surface area contributed by atoms with Crippen LogP contribution in [0.25, 0.3) is 5.69 Å². The van der Waals surface area contributed by atoms with Gasteiger partial charge in [0.25, 0.3) is 0 Å². The Bertz CT molecular complexity index is 623. The minimum atomic E-state index is 0.0768. The number of halogens is 1. The minimum absolute atomic E-state index is 0.0768. The Kier molecular flexibility index (Phi) is 2.93. The Balaban J connectivity index is 2.18. The molecule has 19 heavy (non-hydrogen) atoms. The lowest BCUT2D eigenvalue weighted by atomic mass is 9.89. The molecule has 2 aromatic rings. The molecule has 0 saturated carbocycles. The van der Waals surface area contributed by atoms with E-state index < -0.39 is 0 Å². The first-order valence-corrected chi connectivity index (χ1v) is 7.38. The van der Waals surface area contributed by atoms with Crippen molar-refractivity contribution in [3.05, 3.63) is 40.0 Å². The monoisotopic (exact) mass is 319 g/mol. The zero-order valence-electron chi connectivity index (χ0n) is 11.5. The second-order valence-electron chi connectivity index (χ2n) is 5.99. The lowest BCUT2D eigenvalue weighted by Crippen LogP contribution is -2.15. The summed E-state index contributed by atoms with van der Waals surface area (Å²) in [5.74, 6) is 1.16. The Morgan fingerprint density at radius 3 is 2.79 bits per heavy atom. The highest BCUT2D eigenvalue weighted by atomic mass is 79.9. The van der Waals surface area contributed by atoms with E-state index in [1.807, 2.05) is 16.8 Å². The highest BCUT2D eigenvalue weighted by Crippen LogP contribution is 2.35. The molecule has 0 amide bonds. The molecule has 3 nitrogen and oxygen atoms in total. The zero-order chi connectivity index (χ0) is 13.6. The van der Waals surface area contributed by atoms with Gasteiger partial charge >= 0.3 is 0 Å². The van der Waals surface area contributed by atoms with Gasteiger partial charge in [0.2, 0.25) is 0 Å². The maximum Gasteiger partial charge on any atom is 0.133 e. The molecule has 1 aliphatic rings. The van der Waals surface area contributed by atoms with Crippen LogP contribution in [0.1, 0.15) is 32.0 Å². The molecule has 0 atom stereocenters. The van der Waals surface area contributed by atoms with Gasteiger partial charge in [-0.2, -0.15) is 5.10 Å². The number of hydrogen-bond acceptors (Lipinski definition) is 2. The summed E-state index contributed by atoms with van der Waals surface area (Å²) in [6.45, 7) is 7.67. The fraction of sp³-hybridized carbons (Fsp3) is 0.400. The SMILES string of the molecule is CC(C)(C)c1nn(-c2cccc(Br)c2)c2c1CCN2. The molecule has 0 spiro atoms. The van der Waals surface area contributed by atoms with E-state index in [9.17, 15) is 0 Å². The Labute approximate surface area is 122 Å². The molecule has 3 rings (SSSR count). The van der Waals surface area contributed by atoms with Crippen LogP contribution < -0.4 is 5.32 Å². The van der Waals surface area contributed by atoms with E-state index in [-0.39, 0.29) is 5.41 Å². The first-order valence-electron chi connectivity index (χ1n) is 6.59. The molecule has 0 aliphatic carbocycles. The van der Waals surface area contributed by atoms with Crippen LogP contribution in [0.2, 0.25) is 0 Å². The van der Waals surface area contributed by atoms with E-state index >= 15 is 0 Å². The molecule has 1 aromatic heterocycles. The van der Waals surface area contributed by atoms with Crippen LogP contribution in [-0.2, 0) is 11.8 Å². The van der Waals surface area contributed by atoms with Gasteiger partial charge < -0.3 is 5.32 Å². The molecule has 100 valence electrons. The highest BCUT2D eigenvalue weighted by Gasteiger charge is 2.29. The molecule has 4 heteroatoms. The standard InChI is InChI=1S/C15H18BrN3/c1-15(2,3)13-12-7-8-17-14(12)19(18-13)11-6-4-5-10(16)9-11/h4-6,9,17H,7-8H2,1-3H3. The van der Waals surface area contributed by atoms with Gasteiger partial charge in [-0.15, -0.1) is 0 Å². The highest BCUT2D eigenvalue weighted by molar-refractivity contribution is 9.10. The van der Waals surface area contributed by atoms with E-state index in [1.165, 1.54) is 11.3 Å². The van der Waals surface area contributed by atoms with Crippen molar-refractivity contribution in [2.45, 2.75) is 32.6 Å². The van der Waals surface area contributed by atoms with Crippen LogP contribution in [0.5, 0.6) is 0 Å². The average molecular weight is 320 g/mol. The van der Waals surface area contributed by atoms with Gasteiger partial charge in [-0.25, -0.2) is 4.68 Å². The lowest BCUT2D eigenvalue weighted by Gasteiger charge is -2.16. The Morgan fingerprint density at radius 1 is 1.32 bits per heavy atom. The number of nitrogens with zero attached hydrogens (tertiary/aromatic N) is 2. The molecule has 0 bridgehead atoms. The average Bonchev–Trinajstić information content (AvgIpc) is 2.87. The summed E-state index contributed by atoms with van der Waals surface area (Å²) >= 11 is 3.52. The third-order valence-corrected chi connectivity index (χ3v) is 3.91. The van der Waals surface area contributed by atoms with Crippen LogP contribution in [0, 0.1) is 0 Å². The Morgan fingerprint density at radius 2 is 2.11 bits per heavy atom. The van der Waals surface area contributed by atoms with Crippen molar-refractivity contribution >= 4 is 21.7 Å². The van der Waals surface area contributed by atoms with Gasteiger partial charge in [-0.1, -0.05) is 42.8 Å². The van der Waals surface area contributed by atoms with Crippen LogP contribution in [0.4, 0.5) is 5.82 Å². The predicted octanol–water partition coefficient (Wildman–Crippen LogP) is 3.90. The van der Waals surface area contributed by atoms with E-state index in [2.05, 4.69) is 54.2 Å². The second kappa shape index (κ2) is 4.37. The van der Waals surface area contributed by atoms with Gasteiger partial charge in [0, 0.05) is 22.0 Å². The number of hydrogen-bond donors (Lipinski definition) is 1. The van der Waals surface area contributed by atoms with Crippen LogP contribution in [0.15, 0.2) is 28.7 Å². The molecule has 2 heterocycles. The summed E-state index contributed by atoms with van der Waals surface area (Å²) in [5, 5.41) is 8.31. The van der Waals surface area contributed by atoms with Crippen molar-refractivity contribution in [2.75, 3.05) is 11.9 Å². The molecule has 0 unspecified atom stereocenters. The second-order valence-corrected chi connectivity index (χ2v) is 6.91. The fourth-order valence-corrected chi connectivity index (χ4v) is 2.96. The lowest BCUT2D eigenvalue weighted by molar-refractivity contribution is 0.554. The van der Waals surface area contributed by atoms with Crippen molar-refractivity contribution in [1.82, 2.24) is 9.78 Å². The molecule has 0 saturated heterocycles. The summed E-state index contributed by atoms with van der Waals surface area (Å²) < 4.78 is 3.11. The van der Waals surface area contributed by atoms with Crippen molar-refractivity contribution in [2.24, 2.45) is 0 Å². The first kappa shape index (κ1) is 12.7. The molecule has 1 aliphatic heterocycles. The van der Waals surface area contributed by atoms with Crippen molar-refractivity contribution in [1.29, 1.82) is 0 Å². The number of fused-ring (bicyclic) bond motifs is 1. The van der Waals surface area contributed by atoms with Gasteiger partial charge in [0.1, 0.15) is 5.82 Å². The van der Waals surface area contributed by atoms with Gasteiger partial charge in [0.05, 0.1) is 11.4 Å². The molecular weight excluding hydrogens is 302 g/mol. The number of rotatable bonds is 1. The minimum Gasteiger partial charge on any atom is -0.369 e. The molecule has 0 fully saturated rings. The smallest absolute Gasteiger partial charge is 0.133 e. The molecular formula is C15H18BrN3. The topological polar surface area (TPSA) is 29.9 Å². The predicted molar refractivity (Wildman–Crippen MR) is 82.2 cm³/mol. The molecule has 1 N–H and O–H groups in total. The number of nitrogens with one attached hydrogen (secondary N) is 1.